The van der Waals surface area contributed by atoms with Gasteiger partial charge in [-0.25, -0.2) is 13.4 Å². The first-order valence-corrected chi connectivity index (χ1v) is 10.7. The number of hydrogen-bond donors (Lipinski definition) is 0. The third kappa shape index (κ3) is 4.33. The number of rotatable bonds is 6. The first-order valence-electron chi connectivity index (χ1n) is 9.29. The smallest absolute Gasteiger partial charge is 0.244 e. The minimum absolute atomic E-state index is 0.274. The monoisotopic (exact) mass is 367 g/mol. The Hall–Kier alpha value is -1.18. The molecule has 2 fully saturated rings. The number of nitrogens with zero attached hydrogens (tertiary/aromatic N) is 3. The first-order chi connectivity index (χ1) is 12.0. The Bertz CT molecular complexity index is 655. The lowest BCUT2D eigenvalue weighted by Gasteiger charge is -2.27. The van der Waals surface area contributed by atoms with E-state index in [0.29, 0.717) is 38.3 Å². The predicted octanol–water partition coefficient (Wildman–Crippen LogP) is 2.51. The van der Waals surface area contributed by atoms with Crippen molar-refractivity contribution in [2.75, 3.05) is 37.7 Å². The van der Waals surface area contributed by atoms with Crippen LogP contribution >= 0.6 is 0 Å². The van der Waals surface area contributed by atoms with E-state index in [1.807, 2.05) is 6.07 Å². The van der Waals surface area contributed by atoms with Gasteiger partial charge in [-0.15, -0.1) is 0 Å². The van der Waals surface area contributed by atoms with Gasteiger partial charge >= 0.3 is 0 Å². The zero-order chi connectivity index (χ0) is 17.9. The Morgan fingerprint density at radius 3 is 2.64 bits per heavy atom. The molecule has 0 N–H and O–H groups in total. The average Bonchev–Trinajstić information content (AvgIpc) is 3.09. The van der Waals surface area contributed by atoms with E-state index in [0.717, 1.165) is 12.4 Å². The highest BCUT2D eigenvalue weighted by Gasteiger charge is 2.28. The first kappa shape index (κ1) is 18.6. The summed E-state index contributed by atoms with van der Waals surface area (Å²) in [4.78, 5) is 7.10. The van der Waals surface area contributed by atoms with Crippen molar-refractivity contribution < 1.29 is 13.2 Å². The maximum absolute atomic E-state index is 12.7. The summed E-state index contributed by atoms with van der Waals surface area (Å²) in [5.41, 5.74) is 0. The van der Waals surface area contributed by atoms with E-state index < -0.39 is 10.0 Å². The molecule has 1 unspecified atom stereocenters. The maximum atomic E-state index is 12.7. The normalized spacial score (nSPS) is 22.7. The molecular formula is C18H29N3O3S. The van der Waals surface area contributed by atoms with E-state index in [4.69, 9.17) is 4.74 Å². The van der Waals surface area contributed by atoms with E-state index in [1.54, 1.807) is 6.07 Å². The second-order valence-electron chi connectivity index (χ2n) is 7.33. The van der Waals surface area contributed by atoms with Crippen molar-refractivity contribution in [2.45, 2.75) is 50.5 Å². The van der Waals surface area contributed by atoms with E-state index in [2.05, 4.69) is 23.7 Å². The van der Waals surface area contributed by atoms with Crippen molar-refractivity contribution in [1.29, 1.82) is 0 Å². The minimum atomic E-state index is -3.46. The number of ether oxygens (including phenoxy) is 1. The summed E-state index contributed by atoms with van der Waals surface area (Å²) < 4.78 is 32.1. The largest absolute Gasteiger partial charge is 0.379 e. The van der Waals surface area contributed by atoms with Crippen LogP contribution < -0.4 is 4.90 Å². The Labute approximate surface area is 151 Å². The molecule has 0 radical (unpaired) electrons. The van der Waals surface area contributed by atoms with Gasteiger partial charge in [0.25, 0.3) is 0 Å². The summed E-state index contributed by atoms with van der Waals surface area (Å²) in [6, 6.07) is 4.09. The van der Waals surface area contributed by atoms with Gasteiger partial charge < -0.3 is 9.64 Å². The lowest BCUT2D eigenvalue weighted by molar-refractivity contribution is 0.0730. The molecule has 0 amide bonds. The highest BCUT2D eigenvalue weighted by molar-refractivity contribution is 7.89. The number of morpholine rings is 1. The van der Waals surface area contributed by atoms with Crippen molar-refractivity contribution in [3.63, 3.8) is 0 Å². The molecule has 0 aromatic carbocycles. The van der Waals surface area contributed by atoms with Gasteiger partial charge in [-0.2, -0.15) is 4.31 Å². The summed E-state index contributed by atoms with van der Waals surface area (Å²) in [5.74, 6) is 1.60. The average molecular weight is 368 g/mol. The molecular weight excluding hydrogens is 338 g/mol. The molecule has 2 saturated heterocycles. The molecule has 1 aromatic heterocycles. The molecule has 0 aliphatic carbocycles. The Balaban J connectivity index is 1.71. The maximum Gasteiger partial charge on any atom is 0.244 e. The summed E-state index contributed by atoms with van der Waals surface area (Å²) >= 11 is 0. The number of hydrogen-bond acceptors (Lipinski definition) is 5. The summed E-state index contributed by atoms with van der Waals surface area (Å²) in [6.07, 6.45) is 6.27. The third-order valence-electron chi connectivity index (χ3n) is 5.08. The van der Waals surface area contributed by atoms with Gasteiger partial charge in [0.05, 0.1) is 13.2 Å². The van der Waals surface area contributed by atoms with Crippen molar-refractivity contribution >= 4 is 15.8 Å². The van der Waals surface area contributed by atoms with Crippen LogP contribution in [0.15, 0.2) is 23.2 Å². The lowest BCUT2D eigenvalue weighted by Crippen LogP contribution is -2.40. The number of aromatic nitrogens is 1. The van der Waals surface area contributed by atoms with Crippen molar-refractivity contribution in [2.24, 2.45) is 5.92 Å². The van der Waals surface area contributed by atoms with Crippen LogP contribution in [0.4, 0.5) is 5.82 Å². The summed E-state index contributed by atoms with van der Waals surface area (Å²) in [6.45, 7) is 7.24. The molecule has 1 atom stereocenters. The molecule has 2 aliphatic heterocycles. The molecule has 1 aromatic rings. The zero-order valence-corrected chi connectivity index (χ0v) is 16.0. The van der Waals surface area contributed by atoms with Crippen molar-refractivity contribution in [3.05, 3.63) is 18.3 Å². The van der Waals surface area contributed by atoms with Crippen LogP contribution in [0.3, 0.4) is 0 Å². The van der Waals surface area contributed by atoms with Crippen LogP contribution in [0, 0.1) is 5.92 Å². The van der Waals surface area contributed by atoms with Crippen molar-refractivity contribution in [1.82, 2.24) is 9.29 Å². The Kier molecular flexibility index (Phi) is 5.96. The van der Waals surface area contributed by atoms with Gasteiger partial charge in [0.1, 0.15) is 10.7 Å². The van der Waals surface area contributed by atoms with Crippen LogP contribution in [0.2, 0.25) is 0 Å². The van der Waals surface area contributed by atoms with Crippen molar-refractivity contribution in [3.8, 4) is 0 Å². The fourth-order valence-electron chi connectivity index (χ4n) is 3.59. The lowest BCUT2D eigenvalue weighted by atomic mass is 10.0. The van der Waals surface area contributed by atoms with Crippen LogP contribution in [0.1, 0.15) is 39.5 Å². The molecule has 2 aliphatic rings. The second kappa shape index (κ2) is 8.01. The number of anilines is 1. The Morgan fingerprint density at radius 2 is 2.00 bits per heavy atom. The van der Waals surface area contributed by atoms with Gasteiger partial charge in [-0.1, -0.05) is 13.8 Å². The quantitative estimate of drug-likeness (QED) is 0.773. The SMILES string of the molecule is CC(C)CCC1CCCN1c1ccc(S(=O)(=O)N2CCOCC2)cn1. The van der Waals surface area contributed by atoms with Gasteiger partial charge in [-0.3, -0.25) is 0 Å². The van der Waals surface area contributed by atoms with Crippen LogP contribution in [0.5, 0.6) is 0 Å². The Morgan fingerprint density at radius 1 is 1.24 bits per heavy atom. The standard InChI is InChI=1S/C18H29N3O3S/c1-15(2)5-6-16-4-3-9-21(16)18-8-7-17(14-19-18)25(22,23)20-10-12-24-13-11-20/h7-8,14-16H,3-6,9-13H2,1-2H3. The number of pyridine rings is 1. The highest BCUT2D eigenvalue weighted by atomic mass is 32.2. The zero-order valence-electron chi connectivity index (χ0n) is 15.2. The molecule has 140 valence electrons. The second-order valence-corrected chi connectivity index (χ2v) is 9.27. The van der Waals surface area contributed by atoms with E-state index in [1.165, 1.54) is 36.2 Å². The van der Waals surface area contributed by atoms with E-state index in [9.17, 15) is 8.42 Å². The van der Waals surface area contributed by atoms with Crippen LogP contribution in [-0.2, 0) is 14.8 Å². The van der Waals surface area contributed by atoms with Gasteiger partial charge in [0.15, 0.2) is 0 Å². The molecule has 3 heterocycles. The van der Waals surface area contributed by atoms with Gasteiger partial charge in [-0.05, 0) is 43.7 Å². The predicted molar refractivity (Wildman–Crippen MR) is 98.3 cm³/mol. The summed E-state index contributed by atoms with van der Waals surface area (Å²) in [7, 11) is -3.46. The minimum Gasteiger partial charge on any atom is -0.379 e. The van der Waals surface area contributed by atoms with Crippen LogP contribution in [-0.4, -0.2) is 56.6 Å². The molecule has 25 heavy (non-hydrogen) atoms. The van der Waals surface area contributed by atoms with Crippen LogP contribution in [0.25, 0.3) is 0 Å². The molecule has 0 spiro atoms. The fourth-order valence-corrected chi connectivity index (χ4v) is 4.95. The number of sulfonamides is 1. The summed E-state index contributed by atoms with van der Waals surface area (Å²) in [5, 5.41) is 0. The molecule has 0 bridgehead atoms. The topological polar surface area (TPSA) is 62.7 Å². The molecule has 6 nitrogen and oxygen atoms in total. The van der Waals surface area contributed by atoms with E-state index in [-0.39, 0.29) is 4.90 Å². The highest BCUT2D eigenvalue weighted by Crippen LogP contribution is 2.28. The fraction of sp³-hybridized carbons (Fsp3) is 0.722. The molecule has 0 saturated carbocycles. The van der Waals surface area contributed by atoms with E-state index >= 15 is 0 Å². The molecule has 7 heteroatoms. The third-order valence-corrected chi connectivity index (χ3v) is 6.96. The van der Waals surface area contributed by atoms with Gasteiger partial charge in [0, 0.05) is 31.9 Å². The van der Waals surface area contributed by atoms with Gasteiger partial charge in [0.2, 0.25) is 10.0 Å². The molecule has 3 rings (SSSR count).